The molecule has 14 heavy (non-hydrogen) atoms. The number of nitrogens with one attached hydrogen (secondary N) is 1. The Balaban J connectivity index is 0.000000364. The maximum absolute atomic E-state index is 10.9. The average molecular weight is 187 g/mol. The SMILES string of the molecule is CNC(=O)c1ccccc1.N#CC#N. The summed E-state index contributed by atoms with van der Waals surface area (Å²) >= 11 is 0. The van der Waals surface area contributed by atoms with Crippen molar-refractivity contribution in [1.82, 2.24) is 5.32 Å². The molecule has 1 rings (SSSR count). The van der Waals surface area contributed by atoms with Gasteiger partial charge in [-0.1, -0.05) is 18.2 Å². The highest BCUT2D eigenvalue weighted by Crippen LogP contribution is 1.96. The fourth-order valence-corrected chi connectivity index (χ4v) is 0.734. The van der Waals surface area contributed by atoms with Crippen molar-refractivity contribution in [2.24, 2.45) is 0 Å². The first-order valence-electron chi connectivity index (χ1n) is 3.81. The van der Waals surface area contributed by atoms with E-state index in [4.69, 9.17) is 10.5 Å². The van der Waals surface area contributed by atoms with Gasteiger partial charge in [0.2, 0.25) is 0 Å². The van der Waals surface area contributed by atoms with Crippen molar-refractivity contribution in [3.8, 4) is 12.1 Å². The summed E-state index contributed by atoms with van der Waals surface area (Å²) in [5, 5.41) is 17.1. The number of carbonyl (C=O) groups excluding carboxylic acids is 1. The third-order valence-electron chi connectivity index (χ3n) is 1.31. The molecule has 1 N–H and O–H groups in total. The largest absolute Gasteiger partial charge is 0.355 e. The summed E-state index contributed by atoms with van der Waals surface area (Å²) in [4.78, 5) is 10.9. The normalized spacial score (nSPS) is 7.07. The zero-order valence-electron chi connectivity index (χ0n) is 7.69. The van der Waals surface area contributed by atoms with Gasteiger partial charge in [0.05, 0.1) is 0 Å². The van der Waals surface area contributed by atoms with E-state index < -0.39 is 0 Å². The third-order valence-corrected chi connectivity index (χ3v) is 1.31. The van der Waals surface area contributed by atoms with Crippen LogP contribution in [0, 0.1) is 22.7 Å². The molecule has 0 aliphatic carbocycles. The molecule has 1 aromatic carbocycles. The number of rotatable bonds is 1. The molecular formula is C10H9N3O. The molecule has 1 amide bonds. The predicted molar refractivity (Wildman–Crippen MR) is 51.1 cm³/mol. The van der Waals surface area contributed by atoms with Gasteiger partial charge in [0, 0.05) is 12.6 Å². The van der Waals surface area contributed by atoms with Crippen molar-refractivity contribution in [2.75, 3.05) is 7.05 Å². The number of nitrogens with zero attached hydrogens (tertiary/aromatic N) is 2. The Labute approximate surface area is 82.4 Å². The Hall–Kier alpha value is -2.33. The van der Waals surface area contributed by atoms with Crippen LogP contribution in [0.1, 0.15) is 10.4 Å². The Morgan fingerprint density at radius 1 is 1.21 bits per heavy atom. The van der Waals surface area contributed by atoms with Crippen LogP contribution in [0.4, 0.5) is 0 Å². The summed E-state index contributed by atoms with van der Waals surface area (Å²) in [5.74, 6) is -0.0411. The summed E-state index contributed by atoms with van der Waals surface area (Å²) in [7, 11) is 1.62. The van der Waals surface area contributed by atoms with Gasteiger partial charge in [-0.25, -0.2) is 0 Å². The van der Waals surface area contributed by atoms with Crippen LogP contribution in [0.3, 0.4) is 0 Å². The van der Waals surface area contributed by atoms with E-state index in [9.17, 15) is 4.79 Å². The van der Waals surface area contributed by atoms with Gasteiger partial charge < -0.3 is 5.32 Å². The quantitative estimate of drug-likeness (QED) is 0.714. The molecule has 0 aliphatic rings. The van der Waals surface area contributed by atoms with Crippen LogP contribution in [-0.4, -0.2) is 13.0 Å². The zero-order chi connectivity index (χ0) is 10.8. The number of carbonyl (C=O) groups is 1. The molecule has 0 radical (unpaired) electrons. The van der Waals surface area contributed by atoms with E-state index in [1.807, 2.05) is 18.2 Å². The minimum atomic E-state index is -0.0411. The van der Waals surface area contributed by atoms with Gasteiger partial charge in [-0.15, -0.1) is 0 Å². The van der Waals surface area contributed by atoms with Crippen molar-refractivity contribution in [1.29, 1.82) is 10.5 Å². The first-order valence-corrected chi connectivity index (χ1v) is 3.81. The number of benzene rings is 1. The van der Waals surface area contributed by atoms with Crippen LogP contribution >= 0.6 is 0 Å². The van der Waals surface area contributed by atoms with E-state index in [0.29, 0.717) is 5.56 Å². The summed E-state index contributed by atoms with van der Waals surface area (Å²) in [6.07, 6.45) is 0. The lowest BCUT2D eigenvalue weighted by Gasteiger charge is -1.96. The van der Waals surface area contributed by atoms with Gasteiger partial charge in [0.1, 0.15) is 0 Å². The Morgan fingerprint density at radius 3 is 2.07 bits per heavy atom. The molecule has 0 fully saturated rings. The summed E-state index contributed by atoms with van der Waals surface area (Å²) in [6, 6.07) is 11.6. The molecule has 4 heteroatoms. The van der Waals surface area contributed by atoms with Gasteiger partial charge in [0.25, 0.3) is 5.91 Å². The fourth-order valence-electron chi connectivity index (χ4n) is 0.734. The molecule has 0 unspecified atom stereocenters. The lowest BCUT2D eigenvalue weighted by Crippen LogP contribution is -2.17. The highest BCUT2D eigenvalue weighted by atomic mass is 16.1. The van der Waals surface area contributed by atoms with E-state index in [-0.39, 0.29) is 5.91 Å². The monoisotopic (exact) mass is 187 g/mol. The van der Waals surface area contributed by atoms with Crippen LogP contribution in [0.15, 0.2) is 30.3 Å². The fraction of sp³-hybridized carbons (Fsp3) is 0.100. The van der Waals surface area contributed by atoms with E-state index in [2.05, 4.69) is 5.32 Å². The first kappa shape index (κ1) is 11.7. The second-order valence-corrected chi connectivity index (χ2v) is 2.17. The van der Waals surface area contributed by atoms with E-state index in [1.165, 1.54) is 12.1 Å². The van der Waals surface area contributed by atoms with Crippen LogP contribution in [0.25, 0.3) is 0 Å². The summed E-state index contributed by atoms with van der Waals surface area (Å²) in [5.41, 5.74) is 0.699. The van der Waals surface area contributed by atoms with Gasteiger partial charge in [0.15, 0.2) is 12.1 Å². The molecule has 0 bridgehead atoms. The van der Waals surface area contributed by atoms with Crippen molar-refractivity contribution >= 4 is 5.91 Å². The van der Waals surface area contributed by atoms with Crippen LogP contribution in [-0.2, 0) is 0 Å². The summed E-state index contributed by atoms with van der Waals surface area (Å²) in [6.45, 7) is 0. The molecule has 0 saturated carbocycles. The van der Waals surface area contributed by atoms with Crippen molar-refractivity contribution in [2.45, 2.75) is 0 Å². The van der Waals surface area contributed by atoms with E-state index in [1.54, 1.807) is 19.2 Å². The predicted octanol–water partition coefficient (Wildman–Crippen LogP) is 1.08. The van der Waals surface area contributed by atoms with Crippen LogP contribution in [0.5, 0.6) is 0 Å². The third kappa shape index (κ3) is 4.53. The molecule has 0 aliphatic heterocycles. The smallest absolute Gasteiger partial charge is 0.251 e. The van der Waals surface area contributed by atoms with Crippen molar-refractivity contribution in [3.05, 3.63) is 35.9 Å². The number of amides is 1. The topological polar surface area (TPSA) is 76.7 Å². The highest BCUT2D eigenvalue weighted by Gasteiger charge is 1.97. The zero-order valence-corrected chi connectivity index (χ0v) is 7.69. The molecule has 0 aromatic heterocycles. The first-order chi connectivity index (χ1) is 6.76. The second-order valence-electron chi connectivity index (χ2n) is 2.17. The lowest BCUT2D eigenvalue weighted by atomic mass is 10.2. The molecule has 70 valence electrons. The van der Waals surface area contributed by atoms with Gasteiger partial charge in [-0.05, 0) is 12.1 Å². The molecular weight excluding hydrogens is 178 g/mol. The Morgan fingerprint density at radius 2 is 1.71 bits per heavy atom. The lowest BCUT2D eigenvalue weighted by molar-refractivity contribution is 0.0963. The molecule has 0 spiro atoms. The van der Waals surface area contributed by atoms with E-state index in [0.717, 1.165) is 0 Å². The molecule has 4 nitrogen and oxygen atoms in total. The van der Waals surface area contributed by atoms with Crippen LogP contribution < -0.4 is 5.32 Å². The Bertz CT molecular complexity index is 347. The summed E-state index contributed by atoms with van der Waals surface area (Å²) < 4.78 is 0. The maximum atomic E-state index is 10.9. The molecule has 0 heterocycles. The van der Waals surface area contributed by atoms with Gasteiger partial charge >= 0.3 is 0 Å². The standard InChI is InChI=1S/C8H9NO.C2N2/c1-9-8(10)7-5-3-2-4-6-7;3-1-2-4/h2-6H,1H3,(H,9,10);. The minimum absolute atomic E-state index is 0.0411. The molecule has 1 aromatic rings. The number of hydrogen-bond donors (Lipinski definition) is 1. The van der Waals surface area contributed by atoms with E-state index >= 15 is 0 Å². The van der Waals surface area contributed by atoms with Crippen molar-refractivity contribution < 1.29 is 4.79 Å². The average Bonchev–Trinajstić information content (AvgIpc) is 2.29. The maximum Gasteiger partial charge on any atom is 0.251 e. The van der Waals surface area contributed by atoms with Gasteiger partial charge in [-0.3, -0.25) is 4.79 Å². The van der Waals surface area contributed by atoms with Crippen LogP contribution in [0.2, 0.25) is 0 Å². The van der Waals surface area contributed by atoms with Gasteiger partial charge in [-0.2, -0.15) is 10.5 Å². The minimum Gasteiger partial charge on any atom is -0.355 e. The second kappa shape index (κ2) is 7.33. The number of hydrogen-bond acceptors (Lipinski definition) is 3. The highest BCUT2D eigenvalue weighted by molar-refractivity contribution is 5.93. The molecule has 0 saturated heterocycles. The van der Waals surface area contributed by atoms with Crippen molar-refractivity contribution in [3.63, 3.8) is 0 Å². The Kier molecular flexibility index (Phi) is 6.11. The number of nitriles is 2. The molecule has 0 atom stereocenters.